The Balaban J connectivity index is 3.19. The Kier molecular flexibility index (Phi) is 4.02. The number of rotatable bonds is 3. The molecule has 0 heterocycles. The van der Waals surface area contributed by atoms with Gasteiger partial charge in [-0.25, -0.2) is 8.78 Å². The number of benzene rings is 1. The second-order valence-corrected chi connectivity index (χ2v) is 3.73. The number of aliphatic hydroxyl groups excluding tert-OH is 1. The maximum absolute atomic E-state index is 13.4. The summed E-state index contributed by atoms with van der Waals surface area (Å²) >= 11 is 5.71. The van der Waals surface area contributed by atoms with E-state index in [0.717, 1.165) is 0 Å². The lowest BCUT2D eigenvalue weighted by Gasteiger charge is -2.13. The highest BCUT2D eigenvalue weighted by atomic mass is 35.5. The second-order valence-electron chi connectivity index (χ2n) is 3.32. The molecular formula is C10H12ClF2NO. The topological polar surface area (TPSA) is 46.2 Å². The molecule has 15 heavy (non-hydrogen) atoms. The number of aliphatic hydroxyl groups is 1. The van der Waals surface area contributed by atoms with Crippen LogP contribution in [0.5, 0.6) is 0 Å². The number of hydrogen-bond donors (Lipinski definition) is 2. The van der Waals surface area contributed by atoms with Crippen LogP contribution in [0.3, 0.4) is 0 Å². The molecule has 0 aliphatic heterocycles. The largest absolute Gasteiger partial charge is 0.396 e. The van der Waals surface area contributed by atoms with Crippen molar-refractivity contribution < 1.29 is 13.9 Å². The molecule has 0 aromatic heterocycles. The van der Waals surface area contributed by atoms with Gasteiger partial charge in [0.25, 0.3) is 0 Å². The van der Waals surface area contributed by atoms with E-state index in [1.54, 1.807) is 0 Å². The third-order valence-electron chi connectivity index (χ3n) is 2.26. The molecular weight excluding hydrogens is 224 g/mol. The van der Waals surface area contributed by atoms with E-state index in [0.29, 0.717) is 0 Å². The molecule has 1 unspecified atom stereocenters. The summed E-state index contributed by atoms with van der Waals surface area (Å²) in [4.78, 5) is 0. The smallest absolute Gasteiger partial charge is 0.163 e. The summed E-state index contributed by atoms with van der Waals surface area (Å²) in [5.74, 6) is -1.97. The van der Waals surface area contributed by atoms with E-state index in [1.165, 1.54) is 13.0 Å². The van der Waals surface area contributed by atoms with Crippen LogP contribution in [0.25, 0.3) is 0 Å². The van der Waals surface area contributed by atoms with E-state index in [4.69, 9.17) is 22.4 Å². The maximum Gasteiger partial charge on any atom is 0.163 e. The first-order valence-corrected chi connectivity index (χ1v) is 4.87. The molecule has 0 aliphatic rings. The predicted octanol–water partition coefficient (Wildman–Crippen LogP) is 2.31. The molecule has 0 amide bonds. The predicted molar refractivity (Wildman–Crippen MR) is 54.7 cm³/mol. The summed E-state index contributed by atoms with van der Waals surface area (Å²) in [7, 11) is 0. The monoisotopic (exact) mass is 235 g/mol. The quantitative estimate of drug-likeness (QED) is 0.790. The van der Waals surface area contributed by atoms with Gasteiger partial charge in [-0.05, 0) is 19.4 Å². The Morgan fingerprint density at radius 1 is 1.47 bits per heavy atom. The fraction of sp³-hybridized carbons (Fsp3) is 0.400. The average Bonchev–Trinajstić information content (AvgIpc) is 2.20. The van der Waals surface area contributed by atoms with Crippen LogP contribution in [0.1, 0.15) is 23.6 Å². The first kappa shape index (κ1) is 12.4. The summed E-state index contributed by atoms with van der Waals surface area (Å²) in [5, 5.41) is 8.79. The SMILES string of the molecule is Cc1c(Cl)cc(C(N)CCO)c(F)c1F. The van der Waals surface area contributed by atoms with Crippen LogP contribution in [0.4, 0.5) is 8.78 Å². The van der Waals surface area contributed by atoms with Gasteiger partial charge in [-0.15, -0.1) is 0 Å². The van der Waals surface area contributed by atoms with Gasteiger partial charge in [0, 0.05) is 28.8 Å². The highest BCUT2D eigenvalue weighted by Crippen LogP contribution is 2.28. The van der Waals surface area contributed by atoms with E-state index in [-0.39, 0.29) is 29.2 Å². The minimum Gasteiger partial charge on any atom is -0.396 e. The highest BCUT2D eigenvalue weighted by molar-refractivity contribution is 6.31. The van der Waals surface area contributed by atoms with Gasteiger partial charge in [0.2, 0.25) is 0 Å². The Morgan fingerprint density at radius 2 is 2.07 bits per heavy atom. The lowest BCUT2D eigenvalue weighted by Crippen LogP contribution is -2.15. The molecule has 1 atom stereocenters. The van der Waals surface area contributed by atoms with Crippen LogP contribution in [0.2, 0.25) is 5.02 Å². The van der Waals surface area contributed by atoms with E-state index < -0.39 is 17.7 Å². The zero-order chi connectivity index (χ0) is 11.6. The fourth-order valence-corrected chi connectivity index (χ4v) is 1.47. The molecule has 0 aliphatic carbocycles. The lowest BCUT2D eigenvalue weighted by atomic mass is 10.0. The van der Waals surface area contributed by atoms with Crippen LogP contribution in [-0.2, 0) is 0 Å². The molecule has 0 fully saturated rings. The molecule has 1 aromatic rings. The normalized spacial score (nSPS) is 12.9. The Bertz CT molecular complexity index is 371. The lowest BCUT2D eigenvalue weighted by molar-refractivity contribution is 0.275. The van der Waals surface area contributed by atoms with E-state index >= 15 is 0 Å². The van der Waals surface area contributed by atoms with Crippen molar-refractivity contribution in [1.29, 1.82) is 0 Å². The van der Waals surface area contributed by atoms with Crippen molar-refractivity contribution >= 4 is 11.6 Å². The van der Waals surface area contributed by atoms with Gasteiger partial charge in [-0.3, -0.25) is 0 Å². The van der Waals surface area contributed by atoms with Crippen molar-refractivity contribution in [2.24, 2.45) is 5.73 Å². The molecule has 0 radical (unpaired) electrons. The van der Waals surface area contributed by atoms with Gasteiger partial charge in [0.15, 0.2) is 11.6 Å². The molecule has 1 rings (SSSR count). The Morgan fingerprint density at radius 3 is 2.60 bits per heavy atom. The van der Waals surface area contributed by atoms with Crippen LogP contribution >= 0.6 is 11.6 Å². The number of halogens is 3. The van der Waals surface area contributed by atoms with E-state index in [9.17, 15) is 8.78 Å². The molecule has 0 saturated heterocycles. The van der Waals surface area contributed by atoms with Crippen LogP contribution in [0, 0.1) is 18.6 Å². The summed E-state index contributed by atoms with van der Waals surface area (Å²) < 4.78 is 26.7. The Hall–Kier alpha value is -0.710. The van der Waals surface area contributed by atoms with Gasteiger partial charge in [0.05, 0.1) is 0 Å². The molecule has 0 bridgehead atoms. The summed E-state index contributed by atoms with van der Waals surface area (Å²) in [6, 6.07) is 0.554. The van der Waals surface area contributed by atoms with Crippen molar-refractivity contribution in [3.05, 3.63) is 33.9 Å². The maximum atomic E-state index is 13.4. The third kappa shape index (κ3) is 2.45. The second kappa shape index (κ2) is 4.88. The first-order chi connectivity index (χ1) is 6.99. The number of hydrogen-bond acceptors (Lipinski definition) is 2. The van der Waals surface area contributed by atoms with Crippen molar-refractivity contribution in [2.75, 3.05) is 6.61 Å². The molecule has 3 N–H and O–H groups in total. The van der Waals surface area contributed by atoms with Gasteiger partial charge in [0.1, 0.15) is 0 Å². The first-order valence-electron chi connectivity index (χ1n) is 4.49. The molecule has 5 heteroatoms. The van der Waals surface area contributed by atoms with Crippen molar-refractivity contribution in [3.63, 3.8) is 0 Å². The zero-order valence-electron chi connectivity index (χ0n) is 8.23. The van der Waals surface area contributed by atoms with E-state index in [1.807, 2.05) is 0 Å². The van der Waals surface area contributed by atoms with Gasteiger partial charge >= 0.3 is 0 Å². The summed E-state index contributed by atoms with van der Waals surface area (Å²) in [6.07, 6.45) is 0.162. The van der Waals surface area contributed by atoms with Gasteiger partial charge in [-0.1, -0.05) is 11.6 Å². The molecule has 0 spiro atoms. The van der Waals surface area contributed by atoms with Crippen LogP contribution in [-0.4, -0.2) is 11.7 Å². The zero-order valence-corrected chi connectivity index (χ0v) is 8.98. The Labute approximate surface area is 91.7 Å². The summed E-state index contributed by atoms with van der Waals surface area (Å²) in [5.41, 5.74) is 5.63. The van der Waals surface area contributed by atoms with Crippen LogP contribution in [0.15, 0.2) is 6.07 Å². The van der Waals surface area contributed by atoms with Crippen molar-refractivity contribution in [3.8, 4) is 0 Å². The molecule has 0 saturated carbocycles. The van der Waals surface area contributed by atoms with Crippen LogP contribution < -0.4 is 5.73 Å². The van der Waals surface area contributed by atoms with Crippen molar-refractivity contribution in [2.45, 2.75) is 19.4 Å². The minimum atomic E-state index is -0.988. The van der Waals surface area contributed by atoms with Gasteiger partial charge < -0.3 is 10.8 Å². The molecule has 2 nitrogen and oxygen atoms in total. The average molecular weight is 236 g/mol. The fourth-order valence-electron chi connectivity index (χ4n) is 1.27. The molecule has 84 valence electrons. The summed E-state index contributed by atoms with van der Waals surface area (Å²) in [6.45, 7) is 1.20. The van der Waals surface area contributed by atoms with E-state index in [2.05, 4.69) is 0 Å². The number of nitrogens with two attached hydrogens (primary N) is 1. The molecule has 1 aromatic carbocycles. The third-order valence-corrected chi connectivity index (χ3v) is 2.65. The highest BCUT2D eigenvalue weighted by Gasteiger charge is 2.18. The standard InChI is InChI=1S/C10H12ClF2NO/c1-5-7(11)4-6(8(14)2-3-15)10(13)9(5)12/h4,8,15H,2-3,14H2,1H3. The minimum absolute atomic E-state index is 0.00264. The van der Waals surface area contributed by atoms with Crippen molar-refractivity contribution in [1.82, 2.24) is 0 Å². The van der Waals surface area contributed by atoms with Gasteiger partial charge in [-0.2, -0.15) is 0 Å².